The summed E-state index contributed by atoms with van der Waals surface area (Å²) in [7, 11) is 0. The number of hydrogen-bond donors (Lipinski definition) is 0. The third-order valence-corrected chi connectivity index (χ3v) is 3.60. The van der Waals surface area contributed by atoms with Crippen molar-refractivity contribution in [3.8, 4) is 0 Å². The highest BCUT2D eigenvalue weighted by atomic mass is 79.9. The summed E-state index contributed by atoms with van der Waals surface area (Å²) >= 11 is 3.63. The summed E-state index contributed by atoms with van der Waals surface area (Å²) in [4.78, 5) is 4.41. The highest BCUT2D eigenvalue weighted by Crippen LogP contribution is 2.28. The minimum atomic E-state index is 0.508. The predicted molar refractivity (Wildman–Crippen MR) is 68.9 cm³/mol. The average molecular weight is 282 g/mol. The summed E-state index contributed by atoms with van der Waals surface area (Å²) in [5.74, 6) is 1.32. The van der Waals surface area contributed by atoms with Crippen LogP contribution in [0.1, 0.15) is 43.6 Å². The number of fused-ring (bicyclic) bond motifs is 1. The average Bonchev–Trinajstić information content (AvgIpc) is 2.58. The molecule has 0 N–H and O–H groups in total. The van der Waals surface area contributed by atoms with Gasteiger partial charge in [-0.25, -0.2) is 9.50 Å². The maximum absolute atomic E-state index is 4.41. The molecule has 2 rings (SSSR count). The standard InChI is InChI=1S/C12H16BrN3/c1-5-9-10(7(2)3)6-11-14-8(4)15-16(11)12(9)13/h6-7H,5H2,1-4H3. The Morgan fingerprint density at radius 2 is 2.12 bits per heavy atom. The van der Waals surface area contributed by atoms with E-state index in [1.807, 2.05) is 11.4 Å². The second kappa shape index (κ2) is 4.17. The van der Waals surface area contributed by atoms with Crippen LogP contribution in [0.5, 0.6) is 0 Å². The minimum absolute atomic E-state index is 0.508. The van der Waals surface area contributed by atoms with Crippen LogP contribution in [0.15, 0.2) is 10.7 Å². The highest BCUT2D eigenvalue weighted by Gasteiger charge is 2.14. The summed E-state index contributed by atoms with van der Waals surface area (Å²) in [6.07, 6.45) is 1.00. The summed E-state index contributed by atoms with van der Waals surface area (Å²) < 4.78 is 2.91. The second-order valence-corrected chi connectivity index (χ2v) is 5.06. The molecule has 2 aromatic heterocycles. The smallest absolute Gasteiger partial charge is 0.157 e. The van der Waals surface area contributed by atoms with Crippen LogP contribution in [0.3, 0.4) is 0 Å². The van der Waals surface area contributed by atoms with Crippen LogP contribution in [0, 0.1) is 6.92 Å². The Labute approximate surface area is 104 Å². The topological polar surface area (TPSA) is 30.2 Å². The van der Waals surface area contributed by atoms with Crippen molar-refractivity contribution in [1.82, 2.24) is 14.6 Å². The van der Waals surface area contributed by atoms with E-state index in [0.717, 1.165) is 22.5 Å². The van der Waals surface area contributed by atoms with E-state index in [0.29, 0.717) is 5.92 Å². The lowest BCUT2D eigenvalue weighted by atomic mass is 9.98. The first-order valence-electron chi connectivity index (χ1n) is 5.59. The van der Waals surface area contributed by atoms with E-state index in [2.05, 4.69) is 52.9 Å². The molecule has 0 atom stereocenters. The molecule has 2 heterocycles. The van der Waals surface area contributed by atoms with Crippen molar-refractivity contribution in [3.63, 3.8) is 0 Å². The van der Waals surface area contributed by atoms with Gasteiger partial charge in [-0.3, -0.25) is 0 Å². The van der Waals surface area contributed by atoms with Gasteiger partial charge in [-0.2, -0.15) is 5.10 Å². The molecule has 0 amide bonds. The number of hydrogen-bond acceptors (Lipinski definition) is 2. The number of nitrogens with zero attached hydrogens (tertiary/aromatic N) is 3. The van der Waals surface area contributed by atoms with E-state index in [1.165, 1.54) is 11.1 Å². The molecule has 0 spiro atoms. The Kier molecular flexibility index (Phi) is 3.02. The zero-order valence-corrected chi connectivity index (χ0v) is 11.7. The zero-order chi connectivity index (χ0) is 11.9. The van der Waals surface area contributed by atoms with Crippen LogP contribution in [-0.2, 0) is 6.42 Å². The van der Waals surface area contributed by atoms with Gasteiger partial charge in [-0.1, -0.05) is 20.8 Å². The molecule has 0 saturated carbocycles. The van der Waals surface area contributed by atoms with Crippen molar-refractivity contribution in [2.24, 2.45) is 0 Å². The van der Waals surface area contributed by atoms with E-state index in [-0.39, 0.29) is 0 Å². The lowest BCUT2D eigenvalue weighted by Gasteiger charge is -2.13. The Hall–Kier alpha value is -0.900. The first-order chi connectivity index (χ1) is 7.54. The van der Waals surface area contributed by atoms with Gasteiger partial charge in [-0.05, 0) is 52.4 Å². The van der Waals surface area contributed by atoms with E-state index >= 15 is 0 Å². The minimum Gasteiger partial charge on any atom is -0.212 e. The molecule has 16 heavy (non-hydrogen) atoms. The molecule has 0 saturated heterocycles. The van der Waals surface area contributed by atoms with Crippen LogP contribution in [0.2, 0.25) is 0 Å². The van der Waals surface area contributed by atoms with Gasteiger partial charge in [0.1, 0.15) is 10.4 Å². The lowest BCUT2D eigenvalue weighted by Crippen LogP contribution is -2.02. The van der Waals surface area contributed by atoms with Crippen molar-refractivity contribution >= 4 is 21.6 Å². The number of aromatic nitrogens is 3. The molecule has 4 heteroatoms. The molecule has 0 fully saturated rings. The van der Waals surface area contributed by atoms with Crippen LogP contribution in [-0.4, -0.2) is 14.6 Å². The lowest BCUT2D eigenvalue weighted by molar-refractivity contribution is 0.814. The van der Waals surface area contributed by atoms with Crippen LogP contribution in [0.25, 0.3) is 5.65 Å². The molecular formula is C12H16BrN3. The molecular weight excluding hydrogens is 266 g/mol. The normalized spacial score (nSPS) is 11.6. The monoisotopic (exact) mass is 281 g/mol. The van der Waals surface area contributed by atoms with Gasteiger partial charge < -0.3 is 0 Å². The Bertz CT molecular complexity index is 529. The number of aryl methyl sites for hydroxylation is 1. The third kappa shape index (κ3) is 1.75. The Morgan fingerprint density at radius 3 is 2.69 bits per heavy atom. The summed E-state index contributed by atoms with van der Waals surface area (Å²) in [5.41, 5.74) is 3.60. The van der Waals surface area contributed by atoms with Crippen LogP contribution >= 0.6 is 15.9 Å². The van der Waals surface area contributed by atoms with Gasteiger partial charge in [0.25, 0.3) is 0 Å². The molecule has 0 unspecified atom stereocenters. The van der Waals surface area contributed by atoms with Crippen molar-refractivity contribution in [3.05, 3.63) is 27.6 Å². The van der Waals surface area contributed by atoms with Gasteiger partial charge in [0.05, 0.1) is 0 Å². The van der Waals surface area contributed by atoms with Gasteiger partial charge in [0.15, 0.2) is 5.65 Å². The Balaban J connectivity index is 2.80. The van der Waals surface area contributed by atoms with E-state index < -0.39 is 0 Å². The van der Waals surface area contributed by atoms with Crippen LogP contribution < -0.4 is 0 Å². The van der Waals surface area contributed by atoms with Crippen molar-refractivity contribution in [2.45, 2.75) is 40.0 Å². The quantitative estimate of drug-likeness (QED) is 0.789. The molecule has 0 aromatic carbocycles. The summed E-state index contributed by atoms with van der Waals surface area (Å²) in [6, 6.07) is 2.15. The van der Waals surface area contributed by atoms with Crippen LogP contribution in [0.4, 0.5) is 0 Å². The number of pyridine rings is 1. The molecule has 0 aliphatic rings. The van der Waals surface area contributed by atoms with Gasteiger partial charge in [0.2, 0.25) is 0 Å². The molecule has 2 aromatic rings. The maximum atomic E-state index is 4.41. The summed E-state index contributed by atoms with van der Waals surface area (Å²) in [6.45, 7) is 8.50. The highest BCUT2D eigenvalue weighted by molar-refractivity contribution is 9.10. The van der Waals surface area contributed by atoms with E-state index in [9.17, 15) is 0 Å². The molecule has 0 radical (unpaired) electrons. The predicted octanol–water partition coefficient (Wildman–Crippen LogP) is 3.49. The Morgan fingerprint density at radius 1 is 1.44 bits per heavy atom. The number of halogens is 1. The summed E-state index contributed by atoms with van der Waals surface area (Å²) in [5, 5.41) is 4.38. The number of rotatable bonds is 2. The molecule has 0 aliphatic carbocycles. The van der Waals surface area contributed by atoms with Gasteiger partial charge >= 0.3 is 0 Å². The largest absolute Gasteiger partial charge is 0.212 e. The fourth-order valence-corrected chi connectivity index (χ4v) is 2.78. The molecule has 0 bridgehead atoms. The third-order valence-electron chi connectivity index (χ3n) is 2.78. The molecule has 0 aliphatic heterocycles. The second-order valence-electron chi connectivity index (χ2n) is 4.31. The fraction of sp³-hybridized carbons (Fsp3) is 0.500. The van der Waals surface area contributed by atoms with E-state index in [4.69, 9.17) is 0 Å². The van der Waals surface area contributed by atoms with E-state index in [1.54, 1.807) is 0 Å². The SMILES string of the molecule is CCc1c(C(C)C)cc2nc(C)nn2c1Br. The maximum Gasteiger partial charge on any atom is 0.157 e. The zero-order valence-electron chi connectivity index (χ0n) is 10.1. The molecule has 3 nitrogen and oxygen atoms in total. The van der Waals surface area contributed by atoms with Crippen molar-refractivity contribution in [1.29, 1.82) is 0 Å². The van der Waals surface area contributed by atoms with Gasteiger partial charge in [0, 0.05) is 0 Å². The fourth-order valence-electron chi connectivity index (χ4n) is 2.01. The van der Waals surface area contributed by atoms with Gasteiger partial charge in [-0.15, -0.1) is 0 Å². The van der Waals surface area contributed by atoms with Crippen molar-refractivity contribution < 1.29 is 0 Å². The molecule has 86 valence electrons. The first-order valence-corrected chi connectivity index (χ1v) is 6.38. The first kappa shape index (κ1) is 11.6. The van der Waals surface area contributed by atoms with Crippen molar-refractivity contribution in [2.75, 3.05) is 0 Å².